The van der Waals surface area contributed by atoms with Crippen LogP contribution in [0.3, 0.4) is 0 Å². The maximum Gasteiger partial charge on any atom is 0.303 e. The molecule has 1 amide bonds. The number of benzene rings is 2. The van der Waals surface area contributed by atoms with Crippen molar-refractivity contribution in [2.75, 3.05) is 20.3 Å². The number of carbonyl (C=O) groups is 2. The Morgan fingerprint density at radius 1 is 1.26 bits per heavy atom. The summed E-state index contributed by atoms with van der Waals surface area (Å²) in [4.78, 5) is 26.9. The number of ether oxygens (including phenoxy) is 3. The van der Waals surface area contributed by atoms with E-state index < -0.39 is 22.9 Å². The fraction of sp³-hybridized carbons (Fsp3) is 0.481. The molecule has 1 N–H and O–H groups in total. The van der Waals surface area contributed by atoms with Crippen LogP contribution < -0.4 is 9.47 Å². The van der Waals surface area contributed by atoms with E-state index in [0.29, 0.717) is 37.5 Å². The number of hydrogen-bond donors (Lipinski definition) is 1. The van der Waals surface area contributed by atoms with E-state index in [-0.39, 0.29) is 29.9 Å². The highest BCUT2D eigenvalue weighted by molar-refractivity contribution is 5.97. The molecule has 0 bridgehead atoms. The third-order valence-electron chi connectivity index (χ3n) is 7.92. The molecule has 4 atom stereocenters. The first-order valence-electron chi connectivity index (χ1n) is 12.0. The zero-order valence-electron chi connectivity index (χ0n) is 20.0. The second kappa shape index (κ2) is 8.82. The zero-order valence-corrected chi connectivity index (χ0v) is 20.0. The van der Waals surface area contributed by atoms with Crippen LogP contribution in [0.5, 0.6) is 11.5 Å². The van der Waals surface area contributed by atoms with Crippen LogP contribution in [0, 0.1) is 11.7 Å². The summed E-state index contributed by atoms with van der Waals surface area (Å²) in [5.74, 6) is -0.789. The molecule has 2 fully saturated rings. The van der Waals surface area contributed by atoms with E-state index in [4.69, 9.17) is 14.2 Å². The number of methoxy groups -OCH3 is 1. The molecule has 2 aromatic rings. The first-order chi connectivity index (χ1) is 16.8. The number of amides is 1. The first kappa shape index (κ1) is 23.6. The molecule has 35 heavy (non-hydrogen) atoms. The van der Waals surface area contributed by atoms with Crippen LogP contribution in [0.15, 0.2) is 42.5 Å². The van der Waals surface area contributed by atoms with Crippen LogP contribution in [-0.4, -0.2) is 53.3 Å². The van der Waals surface area contributed by atoms with Crippen molar-refractivity contribution in [3.05, 3.63) is 59.4 Å². The molecule has 0 aliphatic carbocycles. The lowest BCUT2D eigenvalue weighted by Gasteiger charge is -2.54. The summed E-state index contributed by atoms with van der Waals surface area (Å²) in [7, 11) is 1.46. The predicted molar refractivity (Wildman–Crippen MR) is 125 cm³/mol. The number of carbonyl (C=O) groups excluding carboxylic acids is 1. The lowest BCUT2D eigenvalue weighted by atomic mass is 9.68. The largest absolute Gasteiger partial charge is 0.496 e. The van der Waals surface area contributed by atoms with Gasteiger partial charge in [0.25, 0.3) is 5.91 Å². The molecule has 186 valence electrons. The van der Waals surface area contributed by atoms with E-state index in [1.165, 1.54) is 25.3 Å². The number of rotatable bonds is 5. The molecule has 5 rings (SSSR count). The number of likely N-dealkylation sites (tertiary alicyclic amines) is 1. The van der Waals surface area contributed by atoms with Gasteiger partial charge in [-0.15, -0.1) is 0 Å². The number of nitrogens with zero attached hydrogens (tertiary/aromatic N) is 1. The van der Waals surface area contributed by atoms with E-state index >= 15 is 0 Å². The van der Waals surface area contributed by atoms with Crippen molar-refractivity contribution in [1.82, 2.24) is 4.90 Å². The summed E-state index contributed by atoms with van der Waals surface area (Å²) in [6.07, 6.45) is 2.18. The summed E-state index contributed by atoms with van der Waals surface area (Å²) in [6, 6.07) is 11.7. The Balaban J connectivity index is 1.50. The van der Waals surface area contributed by atoms with Crippen molar-refractivity contribution in [1.29, 1.82) is 0 Å². The van der Waals surface area contributed by atoms with E-state index in [1.54, 1.807) is 4.90 Å². The molecule has 7 nitrogen and oxygen atoms in total. The third kappa shape index (κ3) is 4.03. The fourth-order valence-electron chi connectivity index (χ4n) is 6.12. The summed E-state index contributed by atoms with van der Waals surface area (Å²) in [5.41, 5.74) is -0.230. The number of para-hydroxylation sites is 1. The van der Waals surface area contributed by atoms with Crippen LogP contribution in [0.25, 0.3) is 0 Å². The van der Waals surface area contributed by atoms with Crippen molar-refractivity contribution in [3.8, 4) is 11.5 Å². The summed E-state index contributed by atoms with van der Waals surface area (Å²) in [5, 5.41) is 9.39. The minimum absolute atomic E-state index is 0.0297. The Morgan fingerprint density at radius 3 is 2.83 bits per heavy atom. The predicted octanol–water partition coefficient (Wildman–Crippen LogP) is 4.60. The summed E-state index contributed by atoms with van der Waals surface area (Å²) >= 11 is 0. The molecule has 0 unspecified atom stereocenters. The number of carboxylic acids is 1. The average Bonchev–Trinajstić information content (AvgIpc) is 3.25. The first-order valence-corrected chi connectivity index (χ1v) is 12.0. The molecule has 3 aliphatic heterocycles. The lowest BCUT2D eigenvalue weighted by molar-refractivity contribution is -0.169. The van der Waals surface area contributed by atoms with Crippen LogP contribution in [0.1, 0.15) is 61.1 Å². The second-order valence-electron chi connectivity index (χ2n) is 10.0. The standard InChI is InChI=1S/C27H30FNO6/c1-26(12-10-23(30)31)20-15-27(16-34-24(20)18-6-3-4-7-22(18)35-26)11-5-13-29(27)25(32)19-14-17(28)8-9-21(19)33-2/h3-4,6-9,14,20,24H,5,10-13,15-16H2,1-2H3,(H,30,31)/t20-,24+,26+,27+/m1/s1. The van der Waals surface area contributed by atoms with Gasteiger partial charge in [0.1, 0.15) is 22.9 Å². The maximum absolute atomic E-state index is 14.1. The van der Waals surface area contributed by atoms with Crippen LogP contribution in [0.2, 0.25) is 0 Å². The average molecular weight is 484 g/mol. The van der Waals surface area contributed by atoms with E-state index in [9.17, 15) is 19.1 Å². The van der Waals surface area contributed by atoms with Crippen LogP contribution in [-0.2, 0) is 9.53 Å². The highest BCUT2D eigenvalue weighted by atomic mass is 19.1. The molecule has 2 saturated heterocycles. The van der Waals surface area contributed by atoms with Gasteiger partial charge in [-0.2, -0.15) is 0 Å². The van der Waals surface area contributed by atoms with Crippen molar-refractivity contribution in [2.24, 2.45) is 5.92 Å². The molecular formula is C27H30FNO6. The molecule has 8 heteroatoms. The summed E-state index contributed by atoms with van der Waals surface area (Å²) < 4.78 is 32.4. The highest BCUT2D eigenvalue weighted by Gasteiger charge is 2.57. The third-order valence-corrected chi connectivity index (χ3v) is 7.92. The number of aliphatic carboxylic acids is 1. The van der Waals surface area contributed by atoms with E-state index in [0.717, 1.165) is 18.4 Å². The van der Waals surface area contributed by atoms with Gasteiger partial charge in [-0.3, -0.25) is 9.59 Å². The topological polar surface area (TPSA) is 85.3 Å². The zero-order chi connectivity index (χ0) is 24.8. The van der Waals surface area contributed by atoms with E-state index in [1.807, 2.05) is 31.2 Å². The van der Waals surface area contributed by atoms with Gasteiger partial charge in [0.15, 0.2) is 0 Å². The van der Waals surface area contributed by atoms with Crippen molar-refractivity contribution < 1.29 is 33.3 Å². The molecular weight excluding hydrogens is 453 g/mol. The van der Waals surface area contributed by atoms with Crippen molar-refractivity contribution >= 4 is 11.9 Å². The Bertz CT molecular complexity index is 1150. The Morgan fingerprint density at radius 2 is 2.06 bits per heavy atom. The number of carboxylic acid groups (broad SMARTS) is 1. The van der Waals surface area contributed by atoms with E-state index in [2.05, 4.69) is 0 Å². The molecule has 3 aliphatic rings. The second-order valence-corrected chi connectivity index (χ2v) is 10.0. The van der Waals surface area contributed by atoms with Crippen LogP contribution in [0.4, 0.5) is 4.39 Å². The van der Waals surface area contributed by atoms with Crippen molar-refractivity contribution in [3.63, 3.8) is 0 Å². The van der Waals surface area contributed by atoms with Gasteiger partial charge in [-0.25, -0.2) is 4.39 Å². The summed E-state index contributed by atoms with van der Waals surface area (Å²) in [6.45, 7) is 2.83. The minimum Gasteiger partial charge on any atom is -0.496 e. The van der Waals surface area contributed by atoms with Gasteiger partial charge in [-0.1, -0.05) is 18.2 Å². The van der Waals surface area contributed by atoms with Gasteiger partial charge < -0.3 is 24.2 Å². The maximum atomic E-state index is 14.1. The Labute approximate surface area is 203 Å². The molecule has 2 aromatic carbocycles. The highest BCUT2D eigenvalue weighted by Crippen LogP contribution is 2.55. The fourth-order valence-corrected chi connectivity index (χ4v) is 6.12. The van der Waals surface area contributed by atoms with Gasteiger partial charge in [0, 0.05) is 24.4 Å². The monoisotopic (exact) mass is 483 g/mol. The van der Waals surface area contributed by atoms with Crippen LogP contribution >= 0.6 is 0 Å². The molecule has 0 saturated carbocycles. The number of halogens is 1. The quantitative estimate of drug-likeness (QED) is 0.669. The molecule has 0 aromatic heterocycles. The van der Waals surface area contributed by atoms with Crippen molar-refractivity contribution in [2.45, 2.75) is 56.3 Å². The molecule has 3 heterocycles. The Hall–Kier alpha value is -3.13. The smallest absolute Gasteiger partial charge is 0.303 e. The molecule has 1 spiro atoms. The Kier molecular flexibility index (Phi) is 5.95. The van der Waals surface area contributed by atoms with Gasteiger partial charge >= 0.3 is 5.97 Å². The minimum atomic E-state index is -0.882. The van der Waals surface area contributed by atoms with Gasteiger partial charge in [-0.05, 0) is 56.9 Å². The number of fused-ring (bicyclic) bond motifs is 3. The van der Waals surface area contributed by atoms with Gasteiger partial charge in [0.05, 0.1) is 30.9 Å². The lowest BCUT2D eigenvalue weighted by Crippen LogP contribution is -2.60. The SMILES string of the molecule is COc1ccc(F)cc1C(=O)N1CCC[C@]12CO[C@H]1c3ccccc3O[C@@](C)(CCC(=O)O)[C@@H]1C2. The van der Waals surface area contributed by atoms with Gasteiger partial charge in [0.2, 0.25) is 0 Å². The normalized spacial score (nSPS) is 29.3. The molecule has 0 radical (unpaired) electrons. The number of hydrogen-bond acceptors (Lipinski definition) is 5.